The molecule has 1 aromatic heterocycles. The van der Waals surface area contributed by atoms with E-state index in [1.165, 1.54) is 30.0 Å². The fourth-order valence-corrected chi connectivity index (χ4v) is 3.50. The quantitative estimate of drug-likeness (QED) is 0.626. The molecule has 0 saturated carbocycles. The first-order valence-electron chi connectivity index (χ1n) is 8.24. The number of nitrogens with one attached hydrogen (secondary N) is 1. The molecule has 0 bridgehead atoms. The molecule has 0 unspecified atom stereocenters. The van der Waals surface area contributed by atoms with Gasteiger partial charge in [0.2, 0.25) is 5.91 Å². The number of anilines is 1. The average Bonchev–Trinajstić information content (AvgIpc) is 2.99. The molecular formula is C19H18ClFN4OS. The predicted octanol–water partition coefficient (Wildman–Crippen LogP) is 4.70. The molecule has 3 aromatic rings. The lowest BCUT2D eigenvalue weighted by Gasteiger charge is -2.12. The maximum Gasteiger partial charge on any atom is 0.237 e. The number of halogens is 2. The molecule has 1 N–H and O–H groups in total. The number of carbonyl (C=O) groups excluding carboxylic acids is 1. The smallest absolute Gasteiger partial charge is 0.237 e. The van der Waals surface area contributed by atoms with Crippen LogP contribution in [-0.2, 0) is 11.8 Å². The lowest BCUT2D eigenvalue weighted by atomic mass is 10.1. The standard InChI is InChI=1S/C19H18ClFN4OS/c1-11-6-4-5-7-14(11)17-23-24-19(25(17)3)27-12(2)18(26)22-13-8-9-16(21)15(20)10-13/h4-10,12H,1-3H3,(H,22,26)/t12-/m1/s1. The molecule has 5 nitrogen and oxygen atoms in total. The summed E-state index contributed by atoms with van der Waals surface area (Å²) in [7, 11) is 1.87. The molecule has 2 aromatic carbocycles. The van der Waals surface area contributed by atoms with E-state index in [1.54, 1.807) is 6.92 Å². The van der Waals surface area contributed by atoms with Crippen molar-refractivity contribution in [3.05, 3.63) is 58.9 Å². The van der Waals surface area contributed by atoms with E-state index in [9.17, 15) is 9.18 Å². The summed E-state index contributed by atoms with van der Waals surface area (Å²) in [5, 5.41) is 11.4. The highest BCUT2D eigenvalue weighted by molar-refractivity contribution is 8.00. The molecular weight excluding hydrogens is 387 g/mol. The highest BCUT2D eigenvalue weighted by atomic mass is 35.5. The van der Waals surface area contributed by atoms with E-state index in [4.69, 9.17) is 11.6 Å². The minimum atomic E-state index is -0.528. The van der Waals surface area contributed by atoms with Gasteiger partial charge in [0.1, 0.15) is 5.82 Å². The summed E-state index contributed by atoms with van der Waals surface area (Å²) in [5.41, 5.74) is 2.54. The van der Waals surface area contributed by atoms with Crippen molar-refractivity contribution in [2.45, 2.75) is 24.3 Å². The molecule has 0 saturated heterocycles. The van der Waals surface area contributed by atoms with Gasteiger partial charge >= 0.3 is 0 Å². The maximum atomic E-state index is 13.2. The number of benzene rings is 2. The van der Waals surface area contributed by atoms with Gasteiger partial charge in [-0.25, -0.2) is 4.39 Å². The fourth-order valence-electron chi connectivity index (χ4n) is 2.51. The largest absolute Gasteiger partial charge is 0.325 e. The summed E-state index contributed by atoms with van der Waals surface area (Å²) < 4.78 is 15.1. The SMILES string of the molecule is Cc1ccccc1-c1nnc(S[C@H](C)C(=O)Nc2ccc(F)c(Cl)c2)n1C. The molecule has 0 aliphatic heterocycles. The molecule has 140 valence electrons. The zero-order valence-corrected chi connectivity index (χ0v) is 16.6. The van der Waals surface area contributed by atoms with Crippen LogP contribution in [0.3, 0.4) is 0 Å². The van der Waals surface area contributed by atoms with Crippen LogP contribution in [0, 0.1) is 12.7 Å². The van der Waals surface area contributed by atoms with E-state index in [0.717, 1.165) is 17.0 Å². The molecule has 0 fully saturated rings. The Hall–Kier alpha value is -2.38. The van der Waals surface area contributed by atoms with Crippen LogP contribution in [0.4, 0.5) is 10.1 Å². The molecule has 1 heterocycles. The van der Waals surface area contributed by atoms with Crippen molar-refractivity contribution in [3.63, 3.8) is 0 Å². The van der Waals surface area contributed by atoms with Crippen molar-refractivity contribution in [3.8, 4) is 11.4 Å². The molecule has 0 radical (unpaired) electrons. The van der Waals surface area contributed by atoms with Gasteiger partial charge in [-0.2, -0.15) is 0 Å². The number of hydrogen-bond acceptors (Lipinski definition) is 4. The highest BCUT2D eigenvalue weighted by Gasteiger charge is 2.20. The van der Waals surface area contributed by atoms with Crippen LogP contribution in [0.5, 0.6) is 0 Å². The first kappa shape index (κ1) is 19.4. The molecule has 0 aliphatic rings. The van der Waals surface area contributed by atoms with Crippen molar-refractivity contribution >= 4 is 35.0 Å². The van der Waals surface area contributed by atoms with Crippen LogP contribution in [-0.4, -0.2) is 25.9 Å². The maximum absolute atomic E-state index is 13.2. The lowest BCUT2D eigenvalue weighted by Crippen LogP contribution is -2.22. The van der Waals surface area contributed by atoms with Gasteiger partial charge in [0, 0.05) is 18.3 Å². The van der Waals surface area contributed by atoms with Crippen molar-refractivity contribution < 1.29 is 9.18 Å². The number of amides is 1. The third-order valence-electron chi connectivity index (χ3n) is 4.06. The van der Waals surface area contributed by atoms with Crippen LogP contribution in [0.15, 0.2) is 47.6 Å². The number of carbonyl (C=O) groups is 1. The summed E-state index contributed by atoms with van der Waals surface area (Å²) in [6.07, 6.45) is 0. The van der Waals surface area contributed by atoms with Crippen LogP contribution in [0.25, 0.3) is 11.4 Å². The number of hydrogen-bond donors (Lipinski definition) is 1. The second kappa shape index (κ2) is 8.10. The summed E-state index contributed by atoms with van der Waals surface area (Å²) in [4.78, 5) is 12.4. The topological polar surface area (TPSA) is 59.8 Å². The number of thioether (sulfide) groups is 1. The minimum absolute atomic E-state index is 0.0377. The number of aryl methyl sites for hydroxylation is 1. The monoisotopic (exact) mass is 404 g/mol. The molecule has 27 heavy (non-hydrogen) atoms. The second-order valence-electron chi connectivity index (χ2n) is 6.06. The lowest BCUT2D eigenvalue weighted by molar-refractivity contribution is -0.115. The molecule has 3 rings (SSSR count). The molecule has 8 heteroatoms. The summed E-state index contributed by atoms with van der Waals surface area (Å²) >= 11 is 7.04. The molecule has 0 aliphatic carbocycles. The van der Waals surface area contributed by atoms with E-state index in [1.807, 2.05) is 42.8 Å². The third kappa shape index (κ3) is 4.31. The van der Waals surface area contributed by atoms with Crippen molar-refractivity contribution in [2.24, 2.45) is 7.05 Å². The van der Waals surface area contributed by atoms with Crippen LogP contribution >= 0.6 is 23.4 Å². The fraction of sp³-hybridized carbons (Fsp3) is 0.211. The zero-order valence-electron chi connectivity index (χ0n) is 15.0. The Morgan fingerprint density at radius 1 is 1.26 bits per heavy atom. The summed E-state index contributed by atoms with van der Waals surface area (Å²) in [5.74, 6) is -0.0171. The van der Waals surface area contributed by atoms with Crippen molar-refractivity contribution in [1.29, 1.82) is 0 Å². The van der Waals surface area contributed by atoms with E-state index >= 15 is 0 Å². The van der Waals surface area contributed by atoms with E-state index in [0.29, 0.717) is 10.8 Å². The number of aromatic nitrogens is 3. The minimum Gasteiger partial charge on any atom is -0.325 e. The Balaban J connectivity index is 1.72. The van der Waals surface area contributed by atoms with Gasteiger partial charge in [-0.05, 0) is 37.6 Å². The predicted molar refractivity (Wildman–Crippen MR) is 107 cm³/mol. The second-order valence-corrected chi connectivity index (χ2v) is 7.77. The highest BCUT2D eigenvalue weighted by Crippen LogP contribution is 2.28. The Morgan fingerprint density at radius 3 is 2.70 bits per heavy atom. The van der Waals surface area contributed by atoms with Gasteiger partial charge in [0.25, 0.3) is 0 Å². The number of nitrogens with zero attached hydrogens (tertiary/aromatic N) is 3. The van der Waals surface area contributed by atoms with Gasteiger partial charge in [0.15, 0.2) is 11.0 Å². The van der Waals surface area contributed by atoms with E-state index < -0.39 is 11.1 Å². The average molecular weight is 405 g/mol. The first-order chi connectivity index (χ1) is 12.9. The van der Waals surface area contributed by atoms with Crippen LogP contribution in [0.1, 0.15) is 12.5 Å². The Kier molecular flexibility index (Phi) is 5.82. The molecule has 0 spiro atoms. The van der Waals surface area contributed by atoms with E-state index in [-0.39, 0.29) is 10.9 Å². The normalized spacial score (nSPS) is 12.0. The zero-order chi connectivity index (χ0) is 19.6. The Bertz CT molecular complexity index is 992. The first-order valence-corrected chi connectivity index (χ1v) is 9.50. The van der Waals surface area contributed by atoms with Gasteiger partial charge < -0.3 is 9.88 Å². The Morgan fingerprint density at radius 2 is 2.00 bits per heavy atom. The molecule has 1 amide bonds. The van der Waals surface area contributed by atoms with Crippen LogP contribution < -0.4 is 5.32 Å². The van der Waals surface area contributed by atoms with Gasteiger partial charge in [-0.15, -0.1) is 10.2 Å². The van der Waals surface area contributed by atoms with Gasteiger partial charge in [0.05, 0.1) is 10.3 Å². The van der Waals surface area contributed by atoms with Gasteiger partial charge in [-0.3, -0.25) is 4.79 Å². The third-order valence-corrected chi connectivity index (χ3v) is 5.48. The van der Waals surface area contributed by atoms with Gasteiger partial charge in [-0.1, -0.05) is 47.6 Å². The molecule has 1 atom stereocenters. The Labute approximate surface area is 166 Å². The van der Waals surface area contributed by atoms with E-state index in [2.05, 4.69) is 15.5 Å². The van der Waals surface area contributed by atoms with Crippen molar-refractivity contribution in [2.75, 3.05) is 5.32 Å². The number of rotatable bonds is 5. The summed E-state index contributed by atoms with van der Waals surface area (Å²) in [6.45, 7) is 3.79. The summed E-state index contributed by atoms with van der Waals surface area (Å²) in [6, 6.07) is 12.0. The van der Waals surface area contributed by atoms with Crippen molar-refractivity contribution in [1.82, 2.24) is 14.8 Å². The van der Waals surface area contributed by atoms with Crippen LogP contribution in [0.2, 0.25) is 5.02 Å².